The van der Waals surface area contributed by atoms with Crippen molar-refractivity contribution in [3.8, 4) is 17.0 Å². The number of aromatic nitrogens is 2. The zero-order valence-corrected chi connectivity index (χ0v) is 16.8. The number of methoxy groups -OCH3 is 2. The first-order valence-corrected chi connectivity index (χ1v) is 10.3. The Morgan fingerprint density at radius 3 is 2.56 bits per heavy atom. The molecule has 2 heterocycles. The van der Waals surface area contributed by atoms with E-state index < -0.39 is 0 Å². The minimum atomic E-state index is 0.201. The Bertz CT molecular complexity index is 739. The third kappa shape index (κ3) is 5.05. The van der Waals surface area contributed by atoms with Crippen LogP contribution >= 0.6 is 11.8 Å². The molecule has 0 spiro atoms. The summed E-state index contributed by atoms with van der Waals surface area (Å²) in [5.41, 5.74) is 2.08. The maximum absolute atomic E-state index is 12.5. The Morgan fingerprint density at radius 2 is 1.89 bits per heavy atom. The Morgan fingerprint density at radius 1 is 1.15 bits per heavy atom. The standard InChI is InChI=1S/C20H27N3O3S/c1-25-13-12-23-18(16-6-8-17(26-2)9-7-16)14-21-20(23)27-15-19(24)22-10-4-3-5-11-22/h6-9,14H,3-5,10-13,15H2,1-2H3. The molecule has 27 heavy (non-hydrogen) atoms. The smallest absolute Gasteiger partial charge is 0.233 e. The van der Waals surface area contributed by atoms with Crippen LogP contribution in [0.3, 0.4) is 0 Å². The van der Waals surface area contributed by atoms with Gasteiger partial charge in [-0.05, 0) is 43.5 Å². The minimum absolute atomic E-state index is 0.201. The normalized spacial score (nSPS) is 14.4. The van der Waals surface area contributed by atoms with Gasteiger partial charge in [-0.2, -0.15) is 0 Å². The highest BCUT2D eigenvalue weighted by molar-refractivity contribution is 7.99. The summed E-state index contributed by atoms with van der Waals surface area (Å²) in [7, 11) is 3.35. The number of ether oxygens (including phenoxy) is 2. The van der Waals surface area contributed by atoms with Crippen LogP contribution in [-0.4, -0.2) is 60.0 Å². The number of piperidine rings is 1. The lowest BCUT2D eigenvalue weighted by Gasteiger charge is -2.26. The summed E-state index contributed by atoms with van der Waals surface area (Å²) in [6.45, 7) is 3.05. The summed E-state index contributed by atoms with van der Waals surface area (Å²) >= 11 is 1.50. The van der Waals surface area contributed by atoms with Gasteiger partial charge in [0.05, 0.1) is 31.4 Å². The van der Waals surface area contributed by atoms with E-state index in [0.29, 0.717) is 18.9 Å². The van der Waals surface area contributed by atoms with Crippen molar-refractivity contribution in [2.24, 2.45) is 0 Å². The molecule has 3 rings (SSSR count). The molecule has 1 saturated heterocycles. The van der Waals surface area contributed by atoms with Crippen LogP contribution in [0.2, 0.25) is 0 Å². The van der Waals surface area contributed by atoms with Crippen molar-refractivity contribution in [1.29, 1.82) is 0 Å². The number of carbonyl (C=O) groups excluding carboxylic acids is 1. The summed E-state index contributed by atoms with van der Waals surface area (Å²) in [5, 5.41) is 0.850. The Labute approximate surface area is 164 Å². The van der Waals surface area contributed by atoms with E-state index in [4.69, 9.17) is 9.47 Å². The molecule has 1 aromatic carbocycles. The van der Waals surface area contributed by atoms with Crippen molar-refractivity contribution in [3.63, 3.8) is 0 Å². The summed E-state index contributed by atoms with van der Waals surface area (Å²) in [4.78, 5) is 19.0. The quantitative estimate of drug-likeness (QED) is 0.649. The SMILES string of the molecule is COCCn1c(-c2ccc(OC)cc2)cnc1SCC(=O)N1CCCCC1. The van der Waals surface area contributed by atoms with E-state index in [1.54, 1.807) is 14.2 Å². The second-order valence-electron chi connectivity index (χ2n) is 6.53. The number of nitrogens with zero attached hydrogens (tertiary/aromatic N) is 3. The van der Waals surface area contributed by atoms with Gasteiger partial charge in [-0.15, -0.1) is 0 Å². The summed E-state index contributed by atoms with van der Waals surface area (Å²) < 4.78 is 12.6. The first kappa shape index (κ1) is 19.8. The highest BCUT2D eigenvalue weighted by atomic mass is 32.2. The predicted octanol–water partition coefficient (Wildman–Crippen LogP) is 3.31. The number of hydrogen-bond acceptors (Lipinski definition) is 5. The second kappa shape index (κ2) is 9.80. The van der Waals surface area contributed by atoms with E-state index in [0.717, 1.165) is 48.1 Å². The molecule has 1 fully saturated rings. The average molecular weight is 390 g/mol. The molecule has 1 aliphatic heterocycles. The van der Waals surface area contributed by atoms with Crippen LogP contribution in [0.15, 0.2) is 35.6 Å². The number of thioether (sulfide) groups is 1. The third-order valence-electron chi connectivity index (χ3n) is 4.76. The summed E-state index contributed by atoms with van der Waals surface area (Å²) in [6, 6.07) is 7.92. The van der Waals surface area contributed by atoms with E-state index in [-0.39, 0.29) is 5.91 Å². The Hall–Kier alpha value is -1.99. The zero-order chi connectivity index (χ0) is 19.1. The molecular formula is C20H27N3O3S. The third-order valence-corrected chi connectivity index (χ3v) is 5.73. The fourth-order valence-electron chi connectivity index (χ4n) is 3.23. The van der Waals surface area contributed by atoms with Gasteiger partial charge in [0.1, 0.15) is 5.75 Å². The van der Waals surface area contributed by atoms with E-state index in [9.17, 15) is 4.79 Å². The number of imidazole rings is 1. The molecule has 1 amide bonds. The molecule has 0 saturated carbocycles. The first-order valence-electron chi connectivity index (χ1n) is 9.32. The van der Waals surface area contributed by atoms with Crippen molar-refractivity contribution in [3.05, 3.63) is 30.5 Å². The Kier molecular flexibility index (Phi) is 7.18. The molecule has 1 aromatic heterocycles. The molecular weight excluding hydrogens is 362 g/mol. The van der Waals surface area contributed by atoms with Crippen LogP contribution in [-0.2, 0) is 16.1 Å². The van der Waals surface area contributed by atoms with Crippen LogP contribution in [0.25, 0.3) is 11.3 Å². The average Bonchev–Trinajstić information content (AvgIpc) is 3.13. The number of amides is 1. The molecule has 0 radical (unpaired) electrons. The van der Waals surface area contributed by atoms with Crippen molar-refractivity contribution in [1.82, 2.24) is 14.5 Å². The van der Waals surface area contributed by atoms with E-state index >= 15 is 0 Å². The maximum atomic E-state index is 12.5. The topological polar surface area (TPSA) is 56.6 Å². The van der Waals surface area contributed by atoms with Crippen LogP contribution in [0.4, 0.5) is 0 Å². The zero-order valence-electron chi connectivity index (χ0n) is 16.0. The van der Waals surface area contributed by atoms with Crippen molar-refractivity contribution < 1.29 is 14.3 Å². The fraction of sp³-hybridized carbons (Fsp3) is 0.500. The molecule has 0 atom stereocenters. The van der Waals surface area contributed by atoms with Crippen molar-refractivity contribution >= 4 is 17.7 Å². The number of hydrogen-bond donors (Lipinski definition) is 0. The van der Waals surface area contributed by atoms with Gasteiger partial charge >= 0.3 is 0 Å². The highest BCUT2D eigenvalue weighted by Crippen LogP contribution is 2.28. The molecule has 0 aliphatic carbocycles. The van der Waals surface area contributed by atoms with Crippen molar-refractivity contribution in [2.75, 3.05) is 39.7 Å². The van der Waals surface area contributed by atoms with E-state index in [2.05, 4.69) is 9.55 Å². The number of carbonyl (C=O) groups is 1. The van der Waals surface area contributed by atoms with Gasteiger partial charge in [-0.25, -0.2) is 4.98 Å². The van der Waals surface area contributed by atoms with Gasteiger partial charge in [-0.1, -0.05) is 11.8 Å². The van der Waals surface area contributed by atoms with Crippen molar-refractivity contribution in [2.45, 2.75) is 31.0 Å². The number of benzene rings is 1. The number of rotatable bonds is 8. The van der Waals surface area contributed by atoms with Gasteiger partial charge in [0.15, 0.2) is 5.16 Å². The molecule has 0 unspecified atom stereocenters. The first-order chi connectivity index (χ1) is 13.2. The Balaban J connectivity index is 1.73. The second-order valence-corrected chi connectivity index (χ2v) is 7.47. The minimum Gasteiger partial charge on any atom is -0.497 e. The predicted molar refractivity (Wildman–Crippen MR) is 107 cm³/mol. The lowest BCUT2D eigenvalue weighted by atomic mass is 10.1. The molecule has 146 valence electrons. The molecule has 0 bridgehead atoms. The van der Waals surface area contributed by atoms with Gasteiger partial charge in [0.2, 0.25) is 5.91 Å². The summed E-state index contributed by atoms with van der Waals surface area (Å²) in [6.07, 6.45) is 5.32. The van der Waals surface area contributed by atoms with Crippen LogP contribution in [0.5, 0.6) is 5.75 Å². The van der Waals surface area contributed by atoms with E-state index in [1.165, 1.54) is 18.2 Å². The fourth-order valence-corrected chi connectivity index (χ4v) is 4.13. The van der Waals surface area contributed by atoms with Crippen LogP contribution in [0.1, 0.15) is 19.3 Å². The summed E-state index contributed by atoms with van der Waals surface area (Å²) in [5.74, 6) is 1.45. The monoisotopic (exact) mass is 389 g/mol. The van der Waals surface area contributed by atoms with Gasteiger partial charge in [0, 0.05) is 32.3 Å². The lowest BCUT2D eigenvalue weighted by Crippen LogP contribution is -2.36. The molecule has 1 aliphatic rings. The van der Waals surface area contributed by atoms with Gasteiger partial charge < -0.3 is 18.9 Å². The molecule has 0 N–H and O–H groups in total. The molecule has 6 nitrogen and oxygen atoms in total. The lowest BCUT2D eigenvalue weighted by molar-refractivity contribution is -0.129. The van der Waals surface area contributed by atoms with Gasteiger partial charge in [0.25, 0.3) is 0 Å². The molecule has 7 heteroatoms. The largest absolute Gasteiger partial charge is 0.497 e. The number of likely N-dealkylation sites (tertiary alicyclic amines) is 1. The van der Waals surface area contributed by atoms with Gasteiger partial charge in [-0.3, -0.25) is 4.79 Å². The van der Waals surface area contributed by atoms with Crippen LogP contribution < -0.4 is 4.74 Å². The van der Waals surface area contributed by atoms with E-state index in [1.807, 2.05) is 35.4 Å². The highest BCUT2D eigenvalue weighted by Gasteiger charge is 2.19. The maximum Gasteiger partial charge on any atom is 0.233 e. The molecule has 2 aromatic rings. The van der Waals surface area contributed by atoms with Crippen LogP contribution in [0, 0.1) is 0 Å².